The smallest absolute Gasteiger partial charge is 0.316 e. The maximum absolute atomic E-state index is 14.7. The molecule has 3 heterocycles. The van der Waals surface area contributed by atoms with Crippen LogP contribution in [0.5, 0.6) is 0 Å². The second kappa shape index (κ2) is 8.14. The Morgan fingerprint density at radius 3 is 2.38 bits per heavy atom. The van der Waals surface area contributed by atoms with Gasteiger partial charge in [-0.25, -0.2) is 9.67 Å². The van der Waals surface area contributed by atoms with Gasteiger partial charge in [0.15, 0.2) is 11.7 Å². The van der Waals surface area contributed by atoms with Crippen LogP contribution in [0.3, 0.4) is 0 Å². The molecule has 0 aliphatic carbocycles. The Morgan fingerprint density at radius 1 is 1.00 bits per heavy atom. The molecule has 0 fully saturated rings. The van der Waals surface area contributed by atoms with Crippen molar-refractivity contribution < 1.29 is 17.7 Å². The predicted molar refractivity (Wildman–Crippen MR) is 129 cm³/mol. The molecule has 6 nitrogen and oxygen atoms in total. The summed E-state index contributed by atoms with van der Waals surface area (Å²) in [6.07, 6.45) is -4.62. The van der Waals surface area contributed by atoms with Crippen molar-refractivity contribution in [3.63, 3.8) is 0 Å². The maximum Gasteiger partial charge on any atom is 0.418 e. The zero-order valence-electron chi connectivity index (χ0n) is 18.1. The lowest BCUT2D eigenvalue weighted by atomic mass is 10.2. The van der Waals surface area contributed by atoms with Crippen molar-refractivity contribution in [1.82, 2.24) is 14.5 Å². The SMILES string of the molecule is Cc1nn(-c2ccccc2)c2c1P(=O)(Nc1ccccc1C(F)(F)F)N(C)C(c1cccs1)=N2. The summed E-state index contributed by atoms with van der Waals surface area (Å²) in [5, 5.41) is 9.47. The van der Waals surface area contributed by atoms with Crippen molar-refractivity contribution >= 4 is 41.4 Å². The van der Waals surface area contributed by atoms with Crippen LogP contribution in [0, 0.1) is 6.92 Å². The van der Waals surface area contributed by atoms with Crippen molar-refractivity contribution in [2.75, 3.05) is 12.1 Å². The van der Waals surface area contributed by atoms with Crippen LogP contribution in [-0.4, -0.2) is 27.3 Å². The molecule has 1 atom stereocenters. The number of aliphatic imine (C=N–C) groups is 1. The minimum Gasteiger partial charge on any atom is -0.316 e. The van der Waals surface area contributed by atoms with Gasteiger partial charge in [-0.1, -0.05) is 36.4 Å². The van der Waals surface area contributed by atoms with E-state index in [0.717, 1.165) is 10.9 Å². The van der Waals surface area contributed by atoms with E-state index in [2.05, 4.69) is 10.2 Å². The topological polar surface area (TPSA) is 62.5 Å². The number of rotatable bonds is 4. The Labute approximate surface area is 197 Å². The number of nitrogens with zero attached hydrogens (tertiary/aromatic N) is 4. The maximum atomic E-state index is 14.7. The third-order valence-electron chi connectivity index (χ3n) is 5.50. The summed E-state index contributed by atoms with van der Waals surface area (Å²) in [6, 6.07) is 17.9. The number of nitrogens with one attached hydrogen (secondary N) is 1. The fourth-order valence-electron chi connectivity index (χ4n) is 3.91. The van der Waals surface area contributed by atoms with E-state index in [0.29, 0.717) is 23.0 Å². The number of aromatic nitrogens is 2. The van der Waals surface area contributed by atoms with E-state index < -0.39 is 19.2 Å². The van der Waals surface area contributed by atoms with E-state index in [4.69, 9.17) is 4.99 Å². The molecule has 1 aliphatic rings. The fourth-order valence-corrected chi connectivity index (χ4v) is 7.13. The van der Waals surface area contributed by atoms with E-state index in [1.54, 1.807) is 18.7 Å². The highest BCUT2D eigenvalue weighted by Crippen LogP contribution is 2.55. The molecule has 1 unspecified atom stereocenters. The first-order valence-electron chi connectivity index (χ1n) is 10.3. The predicted octanol–water partition coefficient (Wildman–Crippen LogP) is 6.22. The molecular formula is C23H19F3N5OPS. The van der Waals surface area contributed by atoms with Crippen molar-refractivity contribution in [2.45, 2.75) is 13.1 Å². The molecule has 0 amide bonds. The molecule has 0 radical (unpaired) electrons. The van der Waals surface area contributed by atoms with Crippen molar-refractivity contribution in [3.8, 4) is 5.69 Å². The average molecular weight is 501 g/mol. The molecule has 2 aromatic heterocycles. The lowest BCUT2D eigenvalue weighted by Gasteiger charge is -2.35. The second-order valence-corrected chi connectivity index (χ2v) is 11.0. The Bertz CT molecular complexity index is 1430. The number of para-hydroxylation sites is 2. The number of amidine groups is 1. The van der Waals surface area contributed by atoms with E-state index in [1.807, 2.05) is 47.8 Å². The lowest BCUT2D eigenvalue weighted by molar-refractivity contribution is -0.136. The van der Waals surface area contributed by atoms with Gasteiger partial charge in [-0.3, -0.25) is 9.24 Å². The summed E-state index contributed by atoms with van der Waals surface area (Å²) in [6.45, 7) is 1.68. The highest BCUT2D eigenvalue weighted by atomic mass is 32.1. The van der Waals surface area contributed by atoms with Crippen molar-refractivity contribution in [3.05, 3.63) is 88.2 Å². The zero-order valence-corrected chi connectivity index (χ0v) is 19.8. The highest BCUT2D eigenvalue weighted by molar-refractivity contribution is 7.72. The number of thiophene rings is 1. The van der Waals surface area contributed by atoms with E-state index >= 15 is 0 Å². The Hall–Kier alpha value is -3.36. The van der Waals surface area contributed by atoms with Gasteiger partial charge in [0.05, 0.1) is 27.5 Å². The van der Waals surface area contributed by atoms with Gasteiger partial charge < -0.3 is 5.09 Å². The Kier molecular flexibility index (Phi) is 5.37. The van der Waals surface area contributed by atoms with Gasteiger partial charge in [0.2, 0.25) is 0 Å². The number of halogens is 3. The van der Waals surface area contributed by atoms with Crippen LogP contribution < -0.4 is 10.4 Å². The van der Waals surface area contributed by atoms with Crippen LogP contribution in [-0.2, 0) is 10.7 Å². The van der Waals surface area contributed by atoms with Crippen LogP contribution >= 0.6 is 18.8 Å². The van der Waals surface area contributed by atoms with Gasteiger partial charge in [0, 0.05) is 7.05 Å². The first-order chi connectivity index (χ1) is 16.2. The summed E-state index contributed by atoms with van der Waals surface area (Å²) in [5.74, 6) is 0.713. The van der Waals surface area contributed by atoms with Crippen LogP contribution in [0.15, 0.2) is 77.1 Å². The summed E-state index contributed by atoms with van der Waals surface area (Å²) < 4.78 is 59.0. The number of hydrogen-bond acceptors (Lipinski definition) is 4. The van der Waals surface area contributed by atoms with E-state index in [-0.39, 0.29) is 11.0 Å². The molecule has 0 saturated carbocycles. The third kappa shape index (κ3) is 3.63. The fraction of sp³-hybridized carbons (Fsp3) is 0.130. The molecular weight excluding hydrogens is 482 g/mol. The minimum atomic E-state index is -4.62. The molecule has 5 rings (SSSR count). The molecule has 1 N–H and O–H groups in total. The molecule has 4 aromatic rings. The van der Waals surface area contributed by atoms with Crippen LogP contribution in [0.1, 0.15) is 16.1 Å². The summed E-state index contributed by atoms with van der Waals surface area (Å²) in [5.41, 5.74) is -0.0446. The monoisotopic (exact) mass is 501 g/mol. The molecule has 0 bridgehead atoms. The van der Waals surface area contributed by atoms with Crippen LogP contribution in [0.25, 0.3) is 5.69 Å². The Balaban J connectivity index is 1.75. The largest absolute Gasteiger partial charge is 0.418 e. The zero-order chi connectivity index (χ0) is 24.1. The number of hydrogen-bond donors (Lipinski definition) is 1. The van der Waals surface area contributed by atoms with Gasteiger partial charge in [-0.15, -0.1) is 11.3 Å². The first kappa shape index (κ1) is 22.4. The second-order valence-electron chi connectivity index (χ2n) is 7.67. The van der Waals surface area contributed by atoms with Gasteiger partial charge in [-0.2, -0.15) is 18.3 Å². The van der Waals surface area contributed by atoms with Gasteiger partial charge in [0.25, 0.3) is 7.44 Å². The molecule has 11 heteroatoms. The molecule has 0 saturated heterocycles. The summed E-state index contributed by atoms with van der Waals surface area (Å²) >= 11 is 1.40. The van der Waals surface area contributed by atoms with Gasteiger partial charge in [-0.05, 0) is 42.6 Å². The van der Waals surface area contributed by atoms with E-state index in [9.17, 15) is 17.7 Å². The minimum absolute atomic E-state index is 0.268. The molecule has 0 spiro atoms. The van der Waals surface area contributed by atoms with E-state index in [1.165, 1.54) is 34.2 Å². The molecule has 34 heavy (non-hydrogen) atoms. The number of fused-ring (bicyclic) bond motifs is 1. The number of aryl methyl sites for hydroxylation is 1. The first-order valence-corrected chi connectivity index (χ1v) is 12.8. The highest BCUT2D eigenvalue weighted by Gasteiger charge is 2.45. The van der Waals surface area contributed by atoms with Gasteiger partial charge in [0.1, 0.15) is 5.30 Å². The van der Waals surface area contributed by atoms with Crippen LogP contribution in [0.4, 0.5) is 24.7 Å². The Morgan fingerprint density at radius 2 is 1.71 bits per heavy atom. The number of benzene rings is 2. The van der Waals surface area contributed by atoms with Crippen molar-refractivity contribution in [2.24, 2.45) is 4.99 Å². The van der Waals surface area contributed by atoms with Crippen molar-refractivity contribution in [1.29, 1.82) is 0 Å². The molecule has 1 aliphatic heterocycles. The third-order valence-corrected chi connectivity index (χ3v) is 9.07. The van der Waals surface area contributed by atoms with Crippen LogP contribution in [0.2, 0.25) is 0 Å². The standard InChI is InChI=1S/C23H19F3N5OPS/c1-15-20-22(31(28-15)16-9-4-3-5-10-16)27-21(19-13-8-14-34-19)30(2)33(20,32)29-18-12-7-6-11-17(18)23(24,25)26/h3-14H,1-2H3,(H,29,32). The molecule has 2 aromatic carbocycles. The average Bonchev–Trinajstić information content (AvgIpc) is 3.45. The summed E-state index contributed by atoms with van der Waals surface area (Å²) in [7, 11) is -2.30. The number of alkyl halides is 3. The molecule has 174 valence electrons. The normalized spacial score (nSPS) is 17.9. The summed E-state index contributed by atoms with van der Waals surface area (Å²) in [4.78, 5) is 5.53. The lowest BCUT2D eigenvalue weighted by Crippen LogP contribution is -2.36. The quantitative estimate of drug-likeness (QED) is 0.338. The number of anilines is 1. The van der Waals surface area contributed by atoms with Gasteiger partial charge >= 0.3 is 6.18 Å².